The Hall–Kier alpha value is -4.08. The third kappa shape index (κ3) is 6.38. The van der Waals surface area contributed by atoms with Crippen LogP contribution in [0.5, 0.6) is 11.5 Å². The molecule has 0 unspecified atom stereocenters. The van der Waals surface area contributed by atoms with E-state index in [-0.39, 0.29) is 4.91 Å². The molecule has 1 heterocycles. The van der Waals surface area contributed by atoms with Crippen LogP contribution in [0.1, 0.15) is 21.5 Å². The molecular weight excluding hydrogens is 516 g/mol. The highest BCUT2D eigenvalue weighted by Crippen LogP contribution is 2.32. The van der Waals surface area contributed by atoms with Crippen molar-refractivity contribution in [2.24, 2.45) is 0 Å². The number of anilines is 1. The second kappa shape index (κ2) is 11.3. The van der Waals surface area contributed by atoms with Gasteiger partial charge in [0.2, 0.25) is 5.91 Å². The first kappa shape index (κ1) is 26.0. The predicted molar refractivity (Wildman–Crippen MR) is 142 cm³/mol. The van der Waals surface area contributed by atoms with E-state index in [2.05, 4.69) is 5.32 Å². The van der Waals surface area contributed by atoms with E-state index < -0.39 is 29.6 Å². The molecule has 37 heavy (non-hydrogen) atoms. The Labute approximate surface area is 222 Å². The molecule has 1 fully saturated rings. The van der Waals surface area contributed by atoms with Gasteiger partial charge in [0.25, 0.3) is 11.1 Å². The summed E-state index contributed by atoms with van der Waals surface area (Å²) in [5, 5.41) is 2.59. The highest BCUT2D eigenvalue weighted by atomic mass is 35.5. The maximum Gasteiger partial charge on any atom is 0.343 e. The van der Waals surface area contributed by atoms with Gasteiger partial charge in [-0.15, -0.1) is 0 Å². The lowest BCUT2D eigenvalue weighted by Gasteiger charge is -2.13. The van der Waals surface area contributed by atoms with Crippen LogP contribution in [0, 0.1) is 6.92 Å². The first-order chi connectivity index (χ1) is 17.7. The molecule has 1 aliphatic rings. The molecule has 0 radical (unpaired) electrons. The van der Waals surface area contributed by atoms with Crippen molar-refractivity contribution >= 4 is 58.1 Å². The van der Waals surface area contributed by atoms with Crippen LogP contribution < -0.4 is 14.8 Å². The number of hydrogen-bond donors (Lipinski definition) is 1. The molecule has 3 aromatic rings. The van der Waals surface area contributed by atoms with Gasteiger partial charge in [0.15, 0.2) is 0 Å². The first-order valence-electron chi connectivity index (χ1n) is 11.0. The number of ether oxygens (including phenoxy) is 2. The molecule has 0 atom stereocenters. The minimum atomic E-state index is -0.567. The van der Waals surface area contributed by atoms with Crippen molar-refractivity contribution in [1.82, 2.24) is 4.90 Å². The molecule has 10 heteroatoms. The third-order valence-electron chi connectivity index (χ3n) is 5.36. The van der Waals surface area contributed by atoms with E-state index in [1.807, 2.05) is 0 Å². The molecule has 8 nitrogen and oxygen atoms in total. The quantitative estimate of drug-likeness (QED) is 0.240. The van der Waals surface area contributed by atoms with Crippen LogP contribution in [0.15, 0.2) is 71.6 Å². The molecule has 1 aliphatic heterocycles. The van der Waals surface area contributed by atoms with Crippen LogP contribution in [0.2, 0.25) is 5.02 Å². The third-order valence-corrected chi connectivity index (χ3v) is 6.51. The van der Waals surface area contributed by atoms with Gasteiger partial charge in [-0.25, -0.2) is 4.79 Å². The number of benzene rings is 3. The van der Waals surface area contributed by atoms with Crippen molar-refractivity contribution in [3.05, 3.63) is 93.3 Å². The molecule has 1 N–H and O–H groups in total. The van der Waals surface area contributed by atoms with E-state index in [1.54, 1.807) is 79.7 Å². The number of esters is 1. The second-order valence-electron chi connectivity index (χ2n) is 7.96. The van der Waals surface area contributed by atoms with Gasteiger partial charge in [0.05, 0.1) is 17.6 Å². The lowest BCUT2D eigenvalue weighted by Crippen LogP contribution is -2.36. The van der Waals surface area contributed by atoms with Crippen molar-refractivity contribution in [3.63, 3.8) is 0 Å². The van der Waals surface area contributed by atoms with Crippen molar-refractivity contribution < 1.29 is 28.7 Å². The normalized spacial score (nSPS) is 14.1. The number of hydrogen-bond acceptors (Lipinski definition) is 7. The Kier molecular flexibility index (Phi) is 7.95. The molecule has 0 bridgehead atoms. The van der Waals surface area contributed by atoms with Gasteiger partial charge < -0.3 is 14.8 Å². The molecule has 3 aromatic carbocycles. The molecule has 188 valence electrons. The van der Waals surface area contributed by atoms with Crippen molar-refractivity contribution in [2.75, 3.05) is 19.0 Å². The Morgan fingerprint density at radius 2 is 1.68 bits per heavy atom. The summed E-state index contributed by atoms with van der Waals surface area (Å²) >= 11 is 6.72. The summed E-state index contributed by atoms with van der Waals surface area (Å²) < 4.78 is 10.5. The fourth-order valence-electron chi connectivity index (χ4n) is 3.38. The first-order valence-corrected chi connectivity index (χ1v) is 12.2. The molecule has 4 rings (SSSR count). The number of carbonyl (C=O) groups is 4. The minimum Gasteiger partial charge on any atom is -0.497 e. The van der Waals surface area contributed by atoms with E-state index in [1.165, 1.54) is 7.11 Å². The van der Waals surface area contributed by atoms with Crippen molar-refractivity contribution in [1.29, 1.82) is 0 Å². The van der Waals surface area contributed by atoms with Crippen LogP contribution in [0.25, 0.3) is 6.08 Å². The Morgan fingerprint density at radius 3 is 2.35 bits per heavy atom. The van der Waals surface area contributed by atoms with E-state index in [0.29, 0.717) is 33.3 Å². The van der Waals surface area contributed by atoms with Gasteiger partial charge in [-0.05, 0) is 84.4 Å². The summed E-state index contributed by atoms with van der Waals surface area (Å²) in [7, 11) is 1.54. The van der Waals surface area contributed by atoms with E-state index in [9.17, 15) is 19.2 Å². The number of rotatable bonds is 7. The van der Waals surface area contributed by atoms with Crippen LogP contribution in [-0.2, 0) is 9.59 Å². The number of halogens is 1. The molecule has 0 saturated carbocycles. The number of nitrogens with zero attached hydrogens (tertiary/aromatic N) is 1. The zero-order chi connectivity index (χ0) is 26.5. The minimum absolute atomic E-state index is 0.180. The monoisotopic (exact) mass is 536 g/mol. The molecule has 1 saturated heterocycles. The number of methoxy groups -OCH3 is 1. The zero-order valence-corrected chi connectivity index (χ0v) is 21.4. The summed E-state index contributed by atoms with van der Waals surface area (Å²) in [6.07, 6.45) is 1.54. The summed E-state index contributed by atoms with van der Waals surface area (Å²) in [6, 6.07) is 18.0. The number of aryl methyl sites for hydroxylation is 1. The highest BCUT2D eigenvalue weighted by Gasteiger charge is 2.36. The average Bonchev–Trinajstić information content (AvgIpc) is 3.14. The number of carbonyl (C=O) groups excluding carboxylic acids is 4. The number of nitrogens with one attached hydrogen (secondary N) is 1. The summed E-state index contributed by atoms with van der Waals surface area (Å²) in [4.78, 5) is 51.0. The van der Waals surface area contributed by atoms with Gasteiger partial charge in [0, 0.05) is 10.7 Å². The maximum atomic E-state index is 12.8. The van der Waals surface area contributed by atoms with Crippen molar-refractivity contribution in [3.8, 4) is 11.5 Å². The van der Waals surface area contributed by atoms with Gasteiger partial charge >= 0.3 is 5.97 Å². The van der Waals surface area contributed by atoms with Gasteiger partial charge in [-0.3, -0.25) is 19.3 Å². The van der Waals surface area contributed by atoms with Gasteiger partial charge in [-0.2, -0.15) is 0 Å². The maximum absolute atomic E-state index is 12.8. The average molecular weight is 537 g/mol. The fraction of sp³-hybridized carbons (Fsp3) is 0.111. The lowest BCUT2D eigenvalue weighted by atomic mass is 10.2. The Morgan fingerprint density at radius 1 is 1.00 bits per heavy atom. The fourth-order valence-corrected chi connectivity index (χ4v) is 4.39. The Bertz CT molecular complexity index is 1400. The smallest absolute Gasteiger partial charge is 0.343 e. The zero-order valence-electron chi connectivity index (χ0n) is 19.8. The van der Waals surface area contributed by atoms with Crippen molar-refractivity contribution in [2.45, 2.75) is 6.92 Å². The van der Waals surface area contributed by atoms with Crippen LogP contribution in [-0.4, -0.2) is 41.6 Å². The lowest BCUT2D eigenvalue weighted by molar-refractivity contribution is -0.127. The SMILES string of the molecule is COc1ccc(C(=O)Oc2ccc(/C=C3/SC(=O)N(CC(=O)Nc4cc(Cl)ccc4C)C3=O)cc2)cc1. The molecular formula is C27H21ClN2O6S. The largest absolute Gasteiger partial charge is 0.497 e. The second-order valence-corrected chi connectivity index (χ2v) is 9.39. The summed E-state index contributed by atoms with van der Waals surface area (Å²) in [5.74, 6) is -0.663. The Balaban J connectivity index is 1.38. The van der Waals surface area contributed by atoms with Gasteiger partial charge in [-0.1, -0.05) is 29.8 Å². The predicted octanol–water partition coefficient (Wildman–Crippen LogP) is 5.55. The molecule has 0 aromatic heterocycles. The van der Waals surface area contributed by atoms with Crippen LogP contribution in [0.4, 0.5) is 10.5 Å². The van der Waals surface area contributed by atoms with E-state index in [0.717, 1.165) is 22.2 Å². The van der Waals surface area contributed by atoms with E-state index in [4.69, 9.17) is 21.1 Å². The molecule has 0 spiro atoms. The number of thioether (sulfide) groups is 1. The summed E-state index contributed by atoms with van der Waals surface area (Å²) in [5.41, 5.74) is 2.29. The summed E-state index contributed by atoms with van der Waals surface area (Å²) in [6.45, 7) is 1.38. The molecule has 3 amide bonds. The van der Waals surface area contributed by atoms with Crippen LogP contribution in [0.3, 0.4) is 0 Å². The van der Waals surface area contributed by atoms with Crippen LogP contribution >= 0.6 is 23.4 Å². The number of imide groups is 1. The number of amides is 3. The molecule has 0 aliphatic carbocycles. The van der Waals surface area contributed by atoms with Gasteiger partial charge in [0.1, 0.15) is 18.0 Å². The highest BCUT2D eigenvalue weighted by molar-refractivity contribution is 8.18. The van der Waals surface area contributed by atoms with E-state index >= 15 is 0 Å². The standard InChI is InChI=1S/C27H21ClN2O6S/c1-16-3-8-19(28)14-22(16)29-24(31)15-30-25(32)23(37-27(30)34)13-17-4-9-21(10-5-17)36-26(33)18-6-11-20(35-2)12-7-18/h3-14H,15H2,1-2H3,(H,29,31)/b23-13+. The topological polar surface area (TPSA) is 102 Å².